The largest absolute Gasteiger partial charge is 0.434 e. The lowest BCUT2D eigenvalue weighted by Gasteiger charge is -2.32. The van der Waals surface area contributed by atoms with E-state index in [9.17, 15) is 9.18 Å². The highest BCUT2D eigenvalue weighted by atomic mass is 32.1. The number of para-hydroxylation sites is 1. The third-order valence-corrected chi connectivity index (χ3v) is 5.05. The molecule has 3 aromatic rings. The van der Waals surface area contributed by atoms with E-state index < -0.39 is 5.82 Å². The third kappa shape index (κ3) is 3.95. The van der Waals surface area contributed by atoms with Crippen LogP contribution in [0.3, 0.4) is 0 Å². The van der Waals surface area contributed by atoms with Crippen LogP contribution in [0.4, 0.5) is 4.39 Å². The number of rotatable bonds is 4. The average Bonchev–Trinajstić information content (AvgIpc) is 3.24. The second-order valence-electron chi connectivity index (χ2n) is 6.28. The van der Waals surface area contributed by atoms with Crippen LogP contribution in [0.2, 0.25) is 0 Å². The first-order valence-electron chi connectivity index (χ1n) is 8.62. The van der Waals surface area contributed by atoms with E-state index in [0.717, 1.165) is 18.5 Å². The lowest BCUT2D eigenvalue weighted by molar-refractivity contribution is 0.0700. The first-order chi connectivity index (χ1) is 13.2. The van der Waals surface area contributed by atoms with Crippen molar-refractivity contribution >= 4 is 17.2 Å². The van der Waals surface area contributed by atoms with Gasteiger partial charge < -0.3 is 9.64 Å². The van der Waals surface area contributed by atoms with Crippen molar-refractivity contribution < 1.29 is 13.9 Å². The zero-order valence-corrected chi connectivity index (χ0v) is 15.2. The summed E-state index contributed by atoms with van der Waals surface area (Å²) in [5.74, 6) is -0.124. The Labute approximate surface area is 159 Å². The second-order valence-corrected chi connectivity index (χ2v) is 7.00. The molecule has 0 N–H and O–H groups in total. The number of ether oxygens (including phenoxy) is 1. The Balaban J connectivity index is 1.50. The van der Waals surface area contributed by atoms with Crippen molar-refractivity contribution in [2.75, 3.05) is 13.1 Å². The lowest BCUT2D eigenvalue weighted by atomic mass is 9.95. The number of benzene rings is 1. The van der Waals surface area contributed by atoms with E-state index >= 15 is 0 Å². The Kier molecular flexibility index (Phi) is 5.06. The number of hydrogen-bond donors (Lipinski definition) is 0. The Morgan fingerprint density at radius 2 is 2.19 bits per heavy atom. The van der Waals surface area contributed by atoms with Crippen molar-refractivity contribution in [3.05, 3.63) is 64.8 Å². The second kappa shape index (κ2) is 7.79. The van der Waals surface area contributed by atoms with Gasteiger partial charge in [0.05, 0.1) is 17.4 Å². The van der Waals surface area contributed by atoms with Gasteiger partial charge in [-0.2, -0.15) is 0 Å². The van der Waals surface area contributed by atoms with Crippen LogP contribution in [0.1, 0.15) is 34.9 Å². The van der Waals surface area contributed by atoms with Crippen LogP contribution in [0.25, 0.3) is 0 Å². The van der Waals surface area contributed by atoms with Gasteiger partial charge in [0.2, 0.25) is 5.88 Å². The molecule has 0 unspecified atom stereocenters. The maximum absolute atomic E-state index is 13.8. The van der Waals surface area contributed by atoms with Gasteiger partial charge in [-0.25, -0.2) is 14.4 Å². The third-order valence-electron chi connectivity index (χ3n) is 4.46. The topological polar surface area (TPSA) is 68.2 Å². The quantitative estimate of drug-likeness (QED) is 0.683. The molecule has 1 saturated heterocycles. The Morgan fingerprint density at radius 1 is 1.30 bits per heavy atom. The summed E-state index contributed by atoms with van der Waals surface area (Å²) in [7, 11) is 0. The highest BCUT2D eigenvalue weighted by Gasteiger charge is 2.27. The molecule has 8 heteroatoms. The SMILES string of the molecule is O=C(c1cscn1)N1CCC[C@@H](c2cncc(Oc3ccccc3F)n2)C1. The van der Waals surface area contributed by atoms with E-state index in [1.165, 1.54) is 23.6 Å². The molecule has 1 aromatic carbocycles. The van der Waals surface area contributed by atoms with Crippen LogP contribution in [-0.2, 0) is 0 Å². The van der Waals surface area contributed by atoms with Gasteiger partial charge >= 0.3 is 0 Å². The number of hydrogen-bond acceptors (Lipinski definition) is 6. The van der Waals surface area contributed by atoms with E-state index in [4.69, 9.17) is 4.74 Å². The van der Waals surface area contributed by atoms with Gasteiger partial charge in [0, 0.05) is 30.6 Å². The maximum Gasteiger partial charge on any atom is 0.273 e. The number of aromatic nitrogens is 3. The highest BCUT2D eigenvalue weighted by Crippen LogP contribution is 2.28. The normalized spacial score (nSPS) is 16.9. The van der Waals surface area contributed by atoms with Crippen LogP contribution in [0.15, 0.2) is 47.5 Å². The Bertz CT molecular complexity index is 935. The fraction of sp³-hybridized carbons (Fsp3) is 0.263. The van der Waals surface area contributed by atoms with E-state index in [1.54, 1.807) is 40.2 Å². The van der Waals surface area contributed by atoms with Gasteiger partial charge in [-0.15, -0.1) is 11.3 Å². The molecule has 1 amide bonds. The standard InChI is InChI=1S/C19H17FN4O2S/c20-14-5-1-2-6-17(14)26-18-9-21-8-15(23-18)13-4-3-7-24(10-13)19(25)16-11-27-12-22-16/h1-2,5-6,8-9,11-13H,3-4,7,10H2/t13-/m1/s1. The molecule has 0 spiro atoms. The molecule has 138 valence electrons. The van der Waals surface area contributed by atoms with Crippen molar-refractivity contribution in [2.45, 2.75) is 18.8 Å². The van der Waals surface area contributed by atoms with Gasteiger partial charge in [-0.05, 0) is 25.0 Å². The molecule has 0 bridgehead atoms. The van der Waals surface area contributed by atoms with Gasteiger partial charge in [-0.3, -0.25) is 9.78 Å². The summed E-state index contributed by atoms with van der Waals surface area (Å²) in [5.41, 5.74) is 2.87. The van der Waals surface area contributed by atoms with Crippen LogP contribution >= 0.6 is 11.3 Å². The van der Waals surface area contributed by atoms with Crippen molar-refractivity contribution in [1.82, 2.24) is 19.9 Å². The molecule has 1 aliphatic heterocycles. The van der Waals surface area contributed by atoms with Crippen molar-refractivity contribution in [2.24, 2.45) is 0 Å². The van der Waals surface area contributed by atoms with Crippen molar-refractivity contribution in [1.29, 1.82) is 0 Å². The molecule has 0 saturated carbocycles. The molecule has 1 atom stereocenters. The first kappa shape index (κ1) is 17.5. The van der Waals surface area contributed by atoms with E-state index in [0.29, 0.717) is 18.8 Å². The predicted molar refractivity (Wildman–Crippen MR) is 98.5 cm³/mol. The maximum atomic E-state index is 13.8. The molecule has 3 heterocycles. The molecular weight excluding hydrogens is 367 g/mol. The summed E-state index contributed by atoms with van der Waals surface area (Å²) in [4.78, 5) is 27.1. The summed E-state index contributed by atoms with van der Waals surface area (Å²) in [6.07, 6.45) is 4.91. The summed E-state index contributed by atoms with van der Waals surface area (Å²) >= 11 is 1.40. The Hall–Kier alpha value is -2.87. The van der Waals surface area contributed by atoms with Crippen molar-refractivity contribution in [3.8, 4) is 11.6 Å². The highest BCUT2D eigenvalue weighted by molar-refractivity contribution is 7.07. The molecular formula is C19H17FN4O2S. The molecule has 2 aromatic heterocycles. The minimum absolute atomic E-state index is 0.0537. The van der Waals surface area contributed by atoms with Crippen LogP contribution < -0.4 is 4.74 Å². The molecule has 4 rings (SSSR count). The lowest BCUT2D eigenvalue weighted by Crippen LogP contribution is -2.39. The number of amides is 1. The van der Waals surface area contributed by atoms with Crippen LogP contribution in [0, 0.1) is 5.82 Å². The van der Waals surface area contributed by atoms with Crippen LogP contribution in [-0.4, -0.2) is 38.8 Å². The molecule has 0 aliphatic carbocycles. The van der Waals surface area contributed by atoms with Gasteiger partial charge in [0.25, 0.3) is 5.91 Å². The van der Waals surface area contributed by atoms with Gasteiger partial charge in [0.15, 0.2) is 11.6 Å². The minimum Gasteiger partial charge on any atom is -0.434 e. The van der Waals surface area contributed by atoms with E-state index in [1.807, 2.05) is 0 Å². The Morgan fingerprint density at radius 3 is 3.00 bits per heavy atom. The van der Waals surface area contributed by atoms with E-state index in [2.05, 4.69) is 15.0 Å². The van der Waals surface area contributed by atoms with Gasteiger partial charge in [0.1, 0.15) is 5.69 Å². The smallest absolute Gasteiger partial charge is 0.273 e. The zero-order chi connectivity index (χ0) is 18.6. The molecule has 1 aliphatic rings. The summed E-state index contributed by atoms with van der Waals surface area (Å²) in [5, 5.41) is 1.76. The zero-order valence-electron chi connectivity index (χ0n) is 14.4. The predicted octanol–water partition coefficient (Wildman–Crippen LogP) is 3.88. The molecule has 0 radical (unpaired) electrons. The number of carbonyl (C=O) groups excluding carboxylic acids is 1. The fourth-order valence-corrected chi connectivity index (χ4v) is 3.66. The number of carbonyl (C=O) groups is 1. The summed E-state index contributed by atoms with van der Waals surface area (Å²) in [6.45, 7) is 1.25. The first-order valence-corrected chi connectivity index (χ1v) is 9.57. The summed E-state index contributed by atoms with van der Waals surface area (Å²) < 4.78 is 19.3. The fourth-order valence-electron chi connectivity index (χ4n) is 3.13. The molecule has 27 heavy (non-hydrogen) atoms. The minimum atomic E-state index is -0.456. The average molecular weight is 384 g/mol. The van der Waals surface area contributed by atoms with Gasteiger partial charge in [-0.1, -0.05) is 12.1 Å². The van der Waals surface area contributed by atoms with Crippen LogP contribution in [0.5, 0.6) is 11.6 Å². The molecule has 1 fully saturated rings. The number of halogens is 1. The summed E-state index contributed by atoms with van der Waals surface area (Å²) in [6, 6.07) is 6.16. The number of nitrogens with zero attached hydrogens (tertiary/aromatic N) is 4. The van der Waals surface area contributed by atoms with Crippen molar-refractivity contribution in [3.63, 3.8) is 0 Å². The molecule has 6 nitrogen and oxygen atoms in total. The number of piperidine rings is 1. The number of thiazole rings is 1. The number of likely N-dealkylation sites (tertiary alicyclic amines) is 1. The van der Waals surface area contributed by atoms with E-state index in [-0.39, 0.29) is 23.5 Å². The monoisotopic (exact) mass is 384 g/mol.